The van der Waals surface area contributed by atoms with Crippen LogP contribution in [0.1, 0.15) is 181 Å². The largest absolute Gasteiger partial charge is 0.347 e. The summed E-state index contributed by atoms with van der Waals surface area (Å²) in [6.45, 7) is 7.81. The number of unbranched alkanes of at least 4 members (excludes halogenated alkanes) is 17. The highest BCUT2D eigenvalue weighted by Crippen LogP contribution is 2.37. The van der Waals surface area contributed by atoms with Crippen molar-refractivity contribution in [2.45, 2.75) is 193 Å². The van der Waals surface area contributed by atoms with Gasteiger partial charge in [-0.05, 0) is 103 Å². The molecule has 0 amide bonds. The molecule has 0 aromatic carbocycles. The third kappa shape index (κ3) is 21.7. The van der Waals surface area contributed by atoms with Crippen LogP contribution in [0.25, 0.3) is 0 Å². The third-order valence-corrected chi connectivity index (χ3v) is 10.0. The normalized spacial score (nSPS) is 22.7. The van der Waals surface area contributed by atoms with Gasteiger partial charge in [-0.2, -0.15) is 0 Å². The maximum Gasteiger partial charge on any atom is 0.168 e. The molecule has 0 aromatic rings. The van der Waals surface area contributed by atoms with Crippen LogP contribution in [0.5, 0.6) is 0 Å². The molecule has 2 rings (SSSR count). The van der Waals surface area contributed by atoms with Gasteiger partial charge in [0.2, 0.25) is 0 Å². The molecule has 0 aromatic heterocycles. The van der Waals surface area contributed by atoms with Gasteiger partial charge in [0.15, 0.2) is 5.79 Å². The summed E-state index contributed by atoms with van der Waals surface area (Å²) in [5, 5.41) is 0. The Morgan fingerprint density at radius 3 is 1.63 bits per heavy atom. The number of hydrogen-bond acceptors (Lipinski definition) is 3. The number of likely N-dealkylation sites (tertiary alicyclic amines) is 1. The van der Waals surface area contributed by atoms with Gasteiger partial charge in [-0.25, -0.2) is 0 Å². The molecule has 2 heterocycles. The van der Waals surface area contributed by atoms with Crippen molar-refractivity contribution in [1.29, 1.82) is 0 Å². The second kappa shape index (κ2) is 28.8. The molecule has 0 spiro atoms. The maximum atomic E-state index is 6.82. The average molecular weight is 640 g/mol. The van der Waals surface area contributed by atoms with Gasteiger partial charge < -0.3 is 14.4 Å². The van der Waals surface area contributed by atoms with Crippen LogP contribution in [0.3, 0.4) is 0 Å². The quantitative estimate of drug-likeness (QED) is 0.0443. The molecule has 2 fully saturated rings. The Morgan fingerprint density at radius 2 is 1.11 bits per heavy atom. The first-order valence-corrected chi connectivity index (χ1v) is 20.3. The average Bonchev–Trinajstić information content (AvgIpc) is 3.66. The van der Waals surface area contributed by atoms with Crippen LogP contribution >= 0.6 is 0 Å². The number of nitrogens with zero attached hydrogens (tertiary/aromatic N) is 1. The lowest BCUT2D eigenvalue weighted by Gasteiger charge is -2.29. The Morgan fingerprint density at radius 1 is 0.609 bits per heavy atom. The van der Waals surface area contributed by atoms with Crippen LogP contribution in [0.2, 0.25) is 0 Å². The van der Waals surface area contributed by atoms with Crippen LogP contribution in [0.4, 0.5) is 0 Å². The third-order valence-electron chi connectivity index (χ3n) is 10.0. The summed E-state index contributed by atoms with van der Waals surface area (Å²) < 4.78 is 13.4. The van der Waals surface area contributed by atoms with E-state index in [2.05, 4.69) is 74.4 Å². The van der Waals surface area contributed by atoms with Gasteiger partial charge in [-0.3, -0.25) is 0 Å². The fourth-order valence-corrected chi connectivity index (χ4v) is 7.14. The van der Waals surface area contributed by atoms with Gasteiger partial charge in [0.25, 0.3) is 0 Å². The minimum Gasteiger partial charge on any atom is -0.347 e. The zero-order valence-corrected chi connectivity index (χ0v) is 31.0. The molecular formula is C43H77NO2. The van der Waals surface area contributed by atoms with Crippen molar-refractivity contribution >= 4 is 0 Å². The first kappa shape index (κ1) is 41.0. The van der Waals surface area contributed by atoms with E-state index in [1.165, 1.54) is 161 Å². The van der Waals surface area contributed by atoms with Crippen LogP contribution in [0, 0.1) is 5.92 Å². The molecule has 2 aliphatic rings. The van der Waals surface area contributed by atoms with E-state index >= 15 is 0 Å². The number of ether oxygens (including phenoxy) is 2. The van der Waals surface area contributed by atoms with Crippen molar-refractivity contribution in [2.24, 2.45) is 5.92 Å². The van der Waals surface area contributed by atoms with Gasteiger partial charge in [0, 0.05) is 19.4 Å². The summed E-state index contributed by atoms with van der Waals surface area (Å²) in [6.07, 6.45) is 52.0. The van der Waals surface area contributed by atoms with Gasteiger partial charge in [-0.15, -0.1) is 0 Å². The summed E-state index contributed by atoms with van der Waals surface area (Å²) in [6, 6.07) is 0. The summed E-state index contributed by atoms with van der Waals surface area (Å²) >= 11 is 0. The highest BCUT2D eigenvalue weighted by atomic mass is 16.7. The molecule has 0 saturated carbocycles. The molecule has 0 aliphatic carbocycles. The van der Waals surface area contributed by atoms with Crippen molar-refractivity contribution in [3.8, 4) is 0 Å². The minimum absolute atomic E-state index is 0.300. The number of allylic oxidation sites excluding steroid dienone is 8. The Bertz CT molecular complexity index is 801. The van der Waals surface area contributed by atoms with Crippen molar-refractivity contribution in [3.63, 3.8) is 0 Å². The Hall–Kier alpha value is -1.16. The fraction of sp³-hybridized carbons (Fsp3) is 0.814. The zero-order valence-electron chi connectivity index (χ0n) is 31.0. The SMILES string of the molecule is CCCCC/C=C\C/C=C\CCCCCCCCC1(CCCCCCC/C=C/C=C/CCCCC)OCC(CC2CCN(C)C2)O1. The summed E-state index contributed by atoms with van der Waals surface area (Å²) in [5.74, 6) is 0.471. The first-order chi connectivity index (χ1) is 22.7. The monoisotopic (exact) mass is 640 g/mol. The summed E-state index contributed by atoms with van der Waals surface area (Å²) in [7, 11) is 2.25. The second-order valence-electron chi connectivity index (χ2n) is 14.6. The van der Waals surface area contributed by atoms with Crippen molar-refractivity contribution < 1.29 is 9.47 Å². The standard InChI is InChI=1S/C43H77NO2/c1-4-6-8-10-12-14-16-18-20-21-23-25-27-29-31-33-36-43(45-40-42(46-43)38-41-34-37-44(3)39-41)35-32-30-28-26-24-22-19-17-15-13-11-9-7-5-2/h12-15,17-20,41-42H,4-11,16,21-40H2,1-3H3/b14-12-,15-13+,19-17+,20-18-. The molecule has 0 N–H and O–H groups in total. The molecule has 3 atom stereocenters. The molecule has 2 aliphatic heterocycles. The lowest BCUT2D eigenvalue weighted by Crippen LogP contribution is -2.31. The van der Waals surface area contributed by atoms with Crippen molar-refractivity contribution in [1.82, 2.24) is 4.90 Å². The predicted molar refractivity (Wildman–Crippen MR) is 202 cm³/mol. The van der Waals surface area contributed by atoms with Gasteiger partial charge in [0.05, 0.1) is 12.7 Å². The van der Waals surface area contributed by atoms with E-state index in [4.69, 9.17) is 9.47 Å². The van der Waals surface area contributed by atoms with Gasteiger partial charge in [0.1, 0.15) is 0 Å². The van der Waals surface area contributed by atoms with Gasteiger partial charge >= 0.3 is 0 Å². The maximum absolute atomic E-state index is 6.82. The van der Waals surface area contributed by atoms with E-state index < -0.39 is 0 Å². The molecule has 266 valence electrons. The molecule has 3 unspecified atom stereocenters. The molecule has 3 heteroatoms. The summed E-state index contributed by atoms with van der Waals surface area (Å²) in [4.78, 5) is 2.47. The van der Waals surface area contributed by atoms with E-state index in [-0.39, 0.29) is 5.79 Å². The highest BCUT2D eigenvalue weighted by molar-refractivity contribution is 5.02. The second-order valence-corrected chi connectivity index (χ2v) is 14.6. The van der Waals surface area contributed by atoms with Crippen LogP contribution in [-0.4, -0.2) is 43.5 Å². The van der Waals surface area contributed by atoms with Crippen molar-refractivity contribution in [3.05, 3.63) is 48.6 Å². The van der Waals surface area contributed by atoms with E-state index in [1.54, 1.807) is 0 Å². The molecule has 46 heavy (non-hydrogen) atoms. The highest BCUT2D eigenvalue weighted by Gasteiger charge is 2.41. The Balaban J connectivity index is 1.58. The van der Waals surface area contributed by atoms with E-state index in [0.29, 0.717) is 6.10 Å². The van der Waals surface area contributed by atoms with Crippen LogP contribution < -0.4 is 0 Å². The molecule has 3 nitrogen and oxygen atoms in total. The summed E-state index contributed by atoms with van der Waals surface area (Å²) in [5.41, 5.74) is 0. The Labute approximate surface area is 287 Å². The lowest BCUT2D eigenvalue weighted by atomic mass is 9.98. The number of rotatable bonds is 30. The van der Waals surface area contributed by atoms with Crippen LogP contribution in [0.15, 0.2) is 48.6 Å². The lowest BCUT2D eigenvalue weighted by molar-refractivity contribution is -0.180. The first-order valence-electron chi connectivity index (χ1n) is 20.3. The Kier molecular flexibility index (Phi) is 25.7. The molecule has 0 radical (unpaired) electrons. The smallest absolute Gasteiger partial charge is 0.168 e. The molecule has 0 bridgehead atoms. The minimum atomic E-state index is -0.309. The van der Waals surface area contributed by atoms with E-state index in [0.717, 1.165) is 31.8 Å². The molecular weight excluding hydrogens is 562 g/mol. The molecule has 2 saturated heterocycles. The zero-order chi connectivity index (χ0) is 32.8. The van der Waals surface area contributed by atoms with E-state index in [1.807, 2.05) is 0 Å². The fourth-order valence-electron chi connectivity index (χ4n) is 7.14. The number of hydrogen-bond donors (Lipinski definition) is 0. The topological polar surface area (TPSA) is 21.7 Å². The van der Waals surface area contributed by atoms with Crippen molar-refractivity contribution in [2.75, 3.05) is 26.7 Å². The van der Waals surface area contributed by atoms with Gasteiger partial charge in [-0.1, -0.05) is 133 Å². The van der Waals surface area contributed by atoms with Crippen LogP contribution in [-0.2, 0) is 9.47 Å². The van der Waals surface area contributed by atoms with E-state index in [9.17, 15) is 0 Å². The predicted octanol–water partition coefficient (Wildman–Crippen LogP) is 13.1.